The Balaban J connectivity index is 1.75. The number of nitrogens with zero attached hydrogens (tertiary/aromatic N) is 6. The molecule has 1 unspecified atom stereocenters. The summed E-state index contributed by atoms with van der Waals surface area (Å²) in [5.41, 5.74) is -1.14. The van der Waals surface area contributed by atoms with Crippen LogP contribution in [0.25, 0.3) is 11.2 Å². The maximum Gasteiger partial charge on any atom is 0.410 e. The van der Waals surface area contributed by atoms with Crippen LogP contribution in [-0.2, 0) is 30.2 Å². The van der Waals surface area contributed by atoms with Crippen molar-refractivity contribution in [2.45, 2.75) is 65.6 Å². The predicted octanol–water partition coefficient (Wildman–Crippen LogP) is 1.32. The van der Waals surface area contributed by atoms with Crippen molar-refractivity contribution < 1.29 is 14.3 Å². The van der Waals surface area contributed by atoms with Gasteiger partial charge in [-0.05, 0) is 53.4 Å². The van der Waals surface area contributed by atoms with Crippen LogP contribution in [0.4, 0.5) is 4.79 Å². The predicted molar refractivity (Wildman–Crippen MR) is 128 cm³/mol. The lowest BCUT2D eigenvalue weighted by molar-refractivity contribution is -0.133. The Bertz CT molecular complexity index is 1190. The fraction of sp³-hybridized carbons (Fsp3) is 0.696. The first-order chi connectivity index (χ1) is 15.8. The molecular formula is C23H36N6O5. The molecule has 188 valence electrons. The van der Waals surface area contributed by atoms with Crippen molar-refractivity contribution in [3.05, 3.63) is 27.2 Å². The second-order valence-electron chi connectivity index (χ2n) is 10.3. The van der Waals surface area contributed by atoms with Crippen molar-refractivity contribution in [2.75, 3.05) is 19.6 Å². The Morgan fingerprint density at radius 2 is 1.91 bits per heavy atom. The number of carbonyl (C=O) groups excluding carboxylic acids is 2. The van der Waals surface area contributed by atoms with Crippen molar-refractivity contribution >= 4 is 23.2 Å². The normalized spacial score (nSPS) is 16.8. The second kappa shape index (κ2) is 9.63. The van der Waals surface area contributed by atoms with Gasteiger partial charge in [0.2, 0.25) is 5.91 Å². The molecule has 0 radical (unpaired) electrons. The number of fused-ring (bicyclic) bond motifs is 1. The average Bonchev–Trinajstić information content (AvgIpc) is 3.13. The van der Waals surface area contributed by atoms with Gasteiger partial charge in [-0.25, -0.2) is 19.1 Å². The molecule has 0 N–H and O–H groups in total. The molecule has 3 heterocycles. The Morgan fingerprint density at radius 1 is 1.24 bits per heavy atom. The van der Waals surface area contributed by atoms with Gasteiger partial charge in [-0.15, -0.1) is 0 Å². The van der Waals surface area contributed by atoms with Crippen molar-refractivity contribution in [1.29, 1.82) is 0 Å². The highest BCUT2D eigenvalue weighted by molar-refractivity contribution is 5.77. The second-order valence-corrected chi connectivity index (χ2v) is 10.3. The molecule has 1 aliphatic heterocycles. The Kier molecular flexibility index (Phi) is 7.23. The molecule has 2 aromatic rings. The first-order valence-corrected chi connectivity index (χ1v) is 11.7. The molecule has 2 aromatic heterocycles. The lowest BCUT2D eigenvalue weighted by atomic mass is 9.97. The fourth-order valence-electron chi connectivity index (χ4n) is 4.31. The topological polar surface area (TPSA) is 112 Å². The summed E-state index contributed by atoms with van der Waals surface area (Å²) in [5.74, 6) is -0.217. The SMILES string of the molecule is CC(C)N(CC1CCCN(C(=O)Cn2c(=O)c3c(ncn3C)n(C)c2=O)C1)C(=O)OC(C)(C)C. The van der Waals surface area contributed by atoms with Gasteiger partial charge in [0.15, 0.2) is 11.2 Å². The minimum absolute atomic E-state index is 0.0480. The highest BCUT2D eigenvalue weighted by atomic mass is 16.6. The van der Waals surface area contributed by atoms with Crippen LogP contribution in [0.15, 0.2) is 15.9 Å². The number of aryl methyl sites for hydroxylation is 2. The summed E-state index contributed by atoms with van der Waals surface area (Å²) in [4.78, 5) is 59.0. The van der Waals surface area contributed by atoms with Gasteiger partial charge in [-0.3, -0.25) is 14.2 Å². The van der Waals surface area contributed by atoms with E-state index < -0.39 is 16.9 Å². The standard InChI is InChI=1S/C23H36N6O5/c1-15(2)28(22(33)34-23(3,4)5)12-16-9-8-10-27(11-16)17(30)13-29-20(31)18-19(24-14-25(18)6)26(7)21(29)32/h14-16H,8-13H2,1-7H3. The summed E-state index contributed by atoms with van der Waals surface area (Å²) in [7, 11) is 3.21. The van der Waals surface area contributed by atoms with E-state index in [4.69, 9.17) is 4.74 Å². The number of aromatic nitrogens is 4. The zero-order valence-corrected chi connectivity index (χ0v) is 21.2. The Morgan fingerprint density at radius 3 is 2.53 bits per heavy atom. The molecule has 1 atom stereocenters. The number of hydrogen-bond donors (Lipinski definition) is 0. The highest BCUT2D eigenvalue weighted by Gasteiger charge is 2.30. The van der Waals surface area contributed by atoms with Crippen molar-refractivity contribution in [3.8, 4) is 0 Å². The van der Waals surface area contributed by atoms with Crippen molar-refractivity contribution in [3.63, 3.8) is 0 Å². The molecule has 0 aliphatic carbocycles. The molecule has 3 rings (SSSR count). The van der Waals surface area contributed by atoms with Gasteiger partial charge >= 0.3 is 11.8 Å². The van der Waals surface area contributed by atoms with Gasteiger partial charge in [0, 0.05) is 39.8 Å². The third kappa shape index (κ3) is 5.34. The average molecular weight is 477 g/mol. The summed E-state index contributed by atoms with van der Waals surface area (Å²) in [6.45, 7) is 10.5. The number of imidazole rings is 1. The van der Waals surface area contributed by atoms with E-state index in [1.807, 2.05) is 34.6 Å². The van der Waals surface area contributed by atoms with Gasteiger partial charge in [-0.2, -0.15) is 0 Å². The van der Waals surface area contributed by atoms with E-state index in [1.54, 1.807) is 21.4 Å². The molecule has 2 amide bonds. The maximum atomic E-state index is 13.1. The van der Waals surface area contributed by atoms with Crippen LogP contribution in [0.5, 0.6) is 0 Å². The van der Waals surface area contributed by atoms with Gasteiger partial charge in [0.05, 0.1) is 6.33 Å². The molecule has 1 saturated heterocycles. The number of hydrogen-bond acceptors (Lipinski definition) is 6. The van der Waals surface area contributed by atoms with Crippen LogP contribution in [0.3, 0.4) is 0 Å². The number of carbonyl (C=O) groups is 2. The minimum atomic E-state index is -0.590. The number of likely N-dealkylation sites (tertiary alicyclic amines) is 1. The molecule has 1 aliphatic rings. The number of piperidine rings is 1. The minimum Gasteiger partial charge on any atom is -0.444 e. The van der Waals surface area contributed by atoms with Crippen molar-refractivity contribution in [1.82, 2.24) is 28.5 Å². The summed E-state index contributed by atoms with van der Waals surface area (Å²) in [5, 5.41) is 0. The largest absolute Gasteiger partial charge is 0.444 e. The summed E-state index contributed by atoms with van der Waals surface area (Å²) in [6.07, 6.45) is 2.76. The van der Waals surface area contributed by atoms with Crippen molar-refractivity contribution in [2.24, 2.45) is 20.0 Å². The van der Waals surface area contributed by atoms with Crippen LogP contribution < -0.4 is 11.2 Å². The van der Waals surface area contributed by atoms with Gasteiger partial charge in [0.1, 0.15) is 12.1 Å². The Labute approximate surface area is 198 Å². The molecule has 0 bridgehead atoms. The van der Waals surface area contributed by atoms with Crippen LogP contribution in [0.2, 0.25) is 0 Å². The van der Waals surface area contributed by atoms with Crippen LogP contribution in [-0.4, -0.2) is 71.8 Å². The molecule has 0 spiro atoms. The zero-order valence-electron chi connectivity index (χ0n) is 21.2. The number of ether oxygens (including phenoxy) is 1. The Hall–Kier alpha value is -3.11. The summed E-state index contributed by atoms with van der Waals surface area (Å²) in [6, 6.07) is -0.0480. The van der Waals surface area contributed by atoms with E-state index in [-0.39, 0.29) is 41.7 Å². The molecule has 34 heavy (non-hydrogen) atoms. The lowest BCUT2D eigenvalue weighted by Crippen LogP contribution is -2.50. The van der Waals surface area contributed by atoms with E-state index in [0.717, 1.165) is 17.4 Å². The quantitative estimate of drug-likeness (QED) is 0.643. The third-order valence-corrected chi connectivity index (χ3v) is 6.07. The van der Waals surface area contributed by atoms with E-state index in [0.29, 0.717) is 19.6 Å². The van der Waals surface area contributed by atoms with Gasteiger partial charge < -0.3 is 19.1 Å². The fourth-order valence-corrected chi connectivity index (χ4v) is 4.31. The lowest BCUT2D eigenvalue weighted by Gasteiger charge is -2.37. The van der Waals surface area contributed by atoms with E-state index in [9.17, 15) is 19.2 Å². The highest BCUT2D eigenvalue weighted by Crippen LogP contribution is 2.21. The third-order valence-electron chi connectivity index (χ3n) is 6.07. The molecule has 11 nitrogen and oxygen atoms in total. The van der Waals surface area contributed by atoms with E-state index >= 15 is 0 Å². The molecular weight excluding hydrogens is 440 g/mol. The number of rotatable bonds is 5. The first kappa shape index (κ1) is 25.5. The van der Waals surface area contributed by atoms with Gasteiger partial charge in [0.25, 0.3) is 5.56 Å². The maximum absolute atomic E-state index is 13.1. The van der Waals surface area contributed by atoms with E-state index in [2.05, 4.69) is 4.98 Å². The molecule has 11 heteroatoms. The van der Waals surface area contributed by atoms with Crippen LogP contribution in [0.1, 0.15) is 47.5 Å². The summed E-state index contributed by atoms with van der Waals surface area (Å²) >= 11 is 0. The van der Waals surface area contributed by atoms with Gasteiger partial charge in [-0.1, -0.05) is 0 Å². The van der Waals surface area contributed by atoms with E-state index in [1.165, 1.54) is 17.9 Å². The van der Waals surface area contributed by atoms with Crippen LogP contribution in [0, 0.1) is 5.92 Å². The molecule has 0 saturated carbocycles. The number of amides is 2. The molecule has 1 fully saturated rings. The monoisotopic (exact) mass is 476 g/mol. The summed E-state index contributed by atoms with van der Waals surface area (Å²) < 4.78 is 9.36. The van der Waals surface area contributed by atoms with Crippen LogP contribution >= 0.6 is 0 Å². The first-order valence-electron chi connectivity index (χ1n) is 11.7. The zero-order chi connectivity index (χ0) is 25.4. The smallest absolute Gasteiger partial charge is 0.410 e. The molecule has 0 aromatic carbocycles.